The van der Waals surface area contributed by atoms with Crippen molar-refractivity contribution in [1.29, 1.82) is 0 Å². The summed E-state index contributed by atoms with van der Waals surface area (Å²) in [6, 6.07) is -10.1. The van der Waals surface area contributed by atoms with Gasteiger partial charge >= 0.3 is 0 Å². The number of aliphatic hydroxyl groups excluding tert-OH is 1. The number of thiol groups is 1. The van der Waals surface area contributed by atoms with Gasteiger partial charge in [0.25, 0.3) is 0 Å². The minimum atomic E-state index is -1.36. The van der Waals surface area contributed by atoms with Crippen LogP contribution in [0.1, 0.15) is 106 Å². The van der Waals surface area contributed by atoms with Gasteiger partial charge in [0, 0.05) is 24.8 Å². The molecule has 0 fully saturated rings. The van der Waals surface area contributed by atoms with Gasteiger partial charge in [-0.05, 0) is 77.3 Å². The highest BCUT2D eigenvalue weighted by Crippen LogP contribution is 2.13. The lowest BCUT2D eigenvalue weighted by atomic mass is 9.96. The molecule has 1 rings (SSSR count). The molecule has 0 spiro atoms. The maximum absolute atomic E-state index is 14.2. The Bertz CT molecular complexity index is 1980. The molecule has 1 aromatic rings. The number of Topliss-reactive ketones (excluding diaryl/α,β-unsaturated/α-hetero) is 6. The Kier molecular flexibility index (Phi) is 32.0. The Morgan fingerprint density at radius 3 is 1.77 bits per heavy atom. The van der Waals surface area contributed by atoms with Crippen molar-refractivity contribution in [3.63, 3.8) is 0 Å². The highest BCUT2D eigenvalue weighted by atomic mass is 32.1. The molecular formula is C47H85N15O11S. The molecule has 1 heterocycles. The largest absolute Gasteiger partial charge is 0.394 e. The summed E-state index contributed by atoms with van der Waals surface area (Å²) in [6.45, 7) is 13.0. The minimum absolute atomic E-state index is 0.0707. The van der Waals surface area contributed by atoms with Crippen molar-refractivity contribution in [3.8, 4) is 0 Å². The van der Waals surface area contributed by atoms with E-state index in [1.807, 2.05) is 27.7 Å². The molecule has 26 nitrogen and oxygen atoms in total. The summed E-state index contributed by atoms with van der Waals surface area (Å²) in [5.41, 5.74) is 28.0. The average Bonchev–Trinajstić information content (AvgIpc) is 3.85. The van der Waals surface area contributed by atoms with E-state index in [2.05, 4.69) is 76.2 Å². The van der Waals surface area contributed by atoms with Gasteiger partial charge in [0.05, 0.1) is 67.8 Å². The van der Waals surface area contributed by atoms with Gasteiger partial charge < -0.3 is 48.6 Å². The standard InChI is InChI=1S/C47H85N15O11S/c1-24(2)15-32(28(8)64)56-45(72)35(21-63)62-59-30(11-10-14-53-47(49)50)37(65)18-38(66)33(17-29-19-52-23-55-29)57-46(73)41(26(5)6)58-44(71)34(16-25(3)4)61-60-31(12-13-40(48)68)42(69)43(70)36(22-74)54-20-39(67)27(7)51-9/h19,23-27,30-36,41,47,51,53-54,59-63,74H,10-18,20-22,49-50H2,1-9H3,(H2,48,68)(H,52,55)(H,56,72)(H,57,73)(H,58,71)/t27-,30-,31-,32-,33-,34-,35-,36-,41-/m0/s1. The van der Waals surface area contributed by atoms with E-state index < -0.39 is 126 Å². The predicted molar refractivity (Wildman–Crippen MR) is 279 cm³/mol. The summed E-state index contributed by atoms with van der Waals surface area (Å²) in [6.07, 6.45) is 1.48. The van der Waals surface area contributed by atoms with Crippen LogP contribution in [0.4, 0.5) is 0 Å². The Hall–Kier alpha value is -4.94. The number of aromatic nitrogens is 2. The first-order valence-corrected chi connectivity index (χ1v) is 25.6. The Balaban J connectivity index is 3.40. The van der Waals surface area contributed by atoms with Gasteiger partial charge in [-0.2, -0.15) is 12.6 Å². The molecule has 0 saturated carbocycles. The number of nitrogens with zero attached hydrogens (tertiary/aromatic N) is 1. The first kappa shape index (κ1) is 67.1. The molecule has 420 valence electrons. The number of carbonyl (C=O) groups is 10. The number of H-pyrrole nitrogens is 1. The molecule has 0 bridgehead atoms. The van der Waals surface area contributed by atoms with Crippen molar-refractivity contribution in [3.05, 3.63) is 18.2 Å². The number of carbonyl (C=O) groups excluding carboxylic acids is 10. The fraction of sp³-hybridized carbons (Fsp3) is 0.723. The molecule has 0 radical (unpaired) electrons. The summed E-state index contributed by atoms with van der Waals surface area (Å²) >= 11 is 4.19. The summed E-state index contributed by atoms with van der Waals surface area (Å²) in [5, 5.41) is 26.6. The van der Waals surface area contributed by atoms with Gasteiger partial charge in [-0.3, -0.25) is 58.6 Å². The molecule has 0 aliphatic carbocycles. The molecule has 0 aliphatic rings. The summed E-state index contributed by atoms with van der Waals surface area (Å²) in [4.78, 5) is 140. The van der Waals surface area contributed by atoms with Crippen LogP contribution in [0, 0.1) is 17.8 Å². The van der Waals surface area contributed by atoms with E-state index >= 15 is 0 Å². The number of ketones is 6. The van der Waals surface area contributed by atoms with Crippen LogP contribution in [0.5, 0.6) is 0 Å². The average molecular weight is 1070 g/mol. The molecule has 0 saturated heterocycles. The first-order chi connectivity index (χ1) is 34.8. The molecule has 0 unspecified atom stereocenters. The van der Waals surface area contributed by atoms with E-state index in [-0.39, 0.29) is 74.3 Å². The monoisotopic (exact) mass is 1070 g/mol. The molecule has 0 aromatic carbocycles. The summed E-state index contributed by atoms with van der Waals surface area (Å²) in [7, 11) is 1.60. The number of primary amides is 1. The van der Waals surface area contributed by atoms with Crippen LogP contribution in [0.2, 0.25) is 0 Å². The van der Waals surface area contributed by atoms with Gasteiger partial charge in [-0.15, -0.1) is 0 Å². The maximum Gasteiger partial charge on any atom is 0.243 e. The van der Waals surface area contributed by atoms with E-state index in [0.717, 1.165) is 0 Å². The topological polar surface area (TPSA) is 418 Å². The second kappa shape index (κ2) is 35.3. The lowest BCUT2D eigenvalue weighted by molar-refractivity contribution is -0.139. The van der Waals surface area contributed by atoms with E-state index in [1.54, 1.807) is 27.8 Å². The van der Waals surface area contributed by atoms with E-state index in [0.29, 0.717) is 18.5 Å². The fourth-order valence-electron chi connectivity index (χ4n) is 7.26. The van der Waals surface area contributed by atoms with Gasteiger partial charge in [0.2, 0.25) is 35.2 Å². The molecule has 74 heavy (non-hydrogen) atoms. The molecular weight excluding hydrogens is 983 g/mol. The number of rotatable bonds is 42. The summed E-state index contributed by atoms with van der Waals surface area (Å²) < 4.78 is 0. The number of likely N-dealkylation sites (N-methyl/N-ethyl adjacent to an activating group) is 1. The van der Waals surface area contributed by atoms with Crippen LogP contribution < -0.4 is 70.8 Å². The second-order valence-corrected chi connectivity index (χ2v) is 19.9. The molecule has 4 amide bonds. The van der Waals surface area contributed by atoms with E-state index in [1.165, 1.54) is 19.4 Å². The van der Waals surface area contributed by atoms with Gasteiger partial charge in [-0.1, -0.05) is 41.5 Å². The van der Waals surface area contributed by atoms with Crippen LogP contribution in [0.15, 0.2) is 12.5 Å². The second-order valence-electron chi connectivity index (χ2n) is 19.5. The normalized spacial score (nSPS) is 15.4. The van der Waals surface area contributed by atoms with Crippen LogP contribution in [-0.4, -0.2) is 167 Å². The van der Waals surface area contributed by atoms with Gasteiger partial charge in [0.1, 0.15) is 24.4 Å². The minimum Gasteiger partial charge on any atom is -0.394 e. The number of amides is 4. The zero-order valence-corrected chi connectivity index (χ0v) is 45.2. The van der Waals surface area contributed by atoms with Crippen LogP contribution in [0.25, 0.3) is 0 Å². The van der Waals surface area contributed by atoms with E-state index in [9.17, 15) is 53.1 Å². The smallest absolute Gasteiger partial charge is 0.243 e. The molecule has 18 N–H and O–H groups in total. The third-order valence-corrected chi connectivity index (χ3v) is 12.1. The Labute approximate surface area is 439 Å². The third kappa shape index (κ3) is 25.5. The number of nitrogens with two attached hydrogens (primary N) is 3. The number of imidazole rings is 1. The number of nitrogens with one attached hydrogen (secondary N) is 11. The van der Waals surface area contributed by atoms with Crippen molar-refractivity contribution < 1.29 is 53.1 Å². The lowest BCUT2D eigenvalue weighted by Gasteiger charge is -2.29. The highest BCUT2D eigenvalue weighted by Gasteiger charge is 2.36. The zero-order chi connectivity index (χ0) is 56.2. The Morgan fingerprint density at radius 2 is 1.24 bits per heavy atom. The quantitative estimate of drug-likeness (QED) is 0.00740. The number of hydrogen-bond donors (Lipinski definition) is 16. The SMILES string of the molecule is CN[C@@H](C)C(=O)CN[C@@H](CS)C(=O)C(=O)[C@H](CCC(N)=O)NN[C@@H](CC(C)C)C(=O)N[C@H](C(=O)N[C@@H](Cc1c[nH]cn1)C(=O)CC(=O)[C@H](CCCNC(N)N)NN[C@@H](CO)C(=O)N[C@@H](CC(C)C)C(C)=O)C(C)C. The van der Waals surface area contributed by atoms with Gasteiger partial charge in [-0.25, -0.2) is 26.7 Å². The summed E-state index contributed by atoms with van der Waals surface area (Å²) in [5.74, 6) is -7.55. The van der Waals surface area contributed by atoms with Crippen molar-refractivity contribution >= 4 is 71.0 Å². The molecule has 27 heteroatoms. The number of hydrogen-bond acceptors (Lipinski definition) is 22. The van der Waals surface area contributed by atoms with Crippen LogP contribution in [0.3, 0.4) is 0 Å². The van der Waals surface area contributed by atoms with Crippen LogP contribution >= 0.6 is 12.6 Å². The predicted octanol–water partition coefficient (Wildman–Crippen LogP) is -4.03. The molecule has 1 aromatic heterocycles. The zero-order valence-electron chi connectivity index (χ0n) is 44.3. The first-order valence-electron chi connectivity index (χ1n) is 25.0. The number of hydrazine groups is 2. The molecule has 0 aliphatic heterocycles. The Morgan fingerprint density at radius 1 is 0.689 bits per heavy atom. The van der Waals surface area contributed by atoms with Crippen LogP contribution in [-0.2, 0) is 54.4 Å². The van der Waals surface area contributed by atoms with Gasteiger partial charge in [0.15, 0.2) is 23.1 Å². The van der Waals surface area contributed by atoms with Crippen molar-refractivity contribution in [2.75, 3.05) is 32.5 Å². The lowest BCUT2D eigenvalue weighted by Crippen LogP contribution is -2.61. The molecule has 9 atom stereocenters. The van der Waals surface area contributed by atoms with Crippen molar-refractivity contribution in [1.82, 2.24) is 63.6 Å². The maximum atomic E-state index is 14.2. The third-order valence-electron chi connectivity index (χ3n) is 11.8. The number of aromatic amines is 1. The highest BCUT2D eigenvalue weighted by molar-refractivity contribution is 7.80. The van der Waals surface area contributed by atoms with E-state index in [4.69, 9.17) is 17.2 Å². The number of aliphatic hydroxyl groups is 1. The van der Waals surface area contributed by atoms with Crippen molar-refractivity contribution in [2.24, 2.45) is 35.0 Å². The van der Waals surface area contributed by atoms with Crippen molar-refractivity contribution in [2.45, 2.75) is 167 Å². The fourth-order valence-corrected chi connectivity index (χ4v) is 7.56.